The van der Waals surface area contributed by atoms with Crippen molar-refractivity contribution in [3.05, 3.63) is 60.2 Å². The van der Waals surface area contributed by atoms with E-state index >= 15 is 0 Å². The van der Waals surface area contributed by atoms with Crippen LogP contribution in [-0.2, 0) is 4.74 Å². The summed E-state index contributed by atoms with van der Waals surface area (Å²) >= 11 is 0. The van der Waals surface area contributed by atoms with Gasteiger partial charge in [0.2, 0.25) is 0 Å². The van der Waals surface area contributed by atoms with Gasteiger partial charge in [-0.3, -0.25) is 0 Å². The molecule has 2 atom stereocenters. The molecule has 128 valence electrons. The number of benzene rings is 3. The molecule has 0 heterocycles. The summed E-state index contributed by atoms with van der Waals surface area (Å²) in [6, 6.07) is 17.0. The molecule has 1 aliphatic rings. The predicted molar refractivity (Wildman–Crippen MR) is 92.7 cm³/mol. The van der Waals surface area contributed by atoms with Crippen molar-refractivity contribution >= 4 is 27.5 Å². The molecule has 0 aliphatic heterocycles. The molecule has 1 aliphatic carbocycles. The van der Waals surface area contributed by atoms with Gasteiger partial charge in [0.15, 0.2) is 0 Å². The van der Waals surface area contributed by atoms with Gasteiger partial charge in [0, 0.05) is 12.5 Å². The molecule has 1 fully saturated rings. The summed E-state index contributed by atoms with van der Waals surface area (Å²) in [5.41, 5.74) is 5.76. The third kappa shape index (κ3) is 2.55. The van der Waals surface area contributed by atoms with E-state index in [2.05, 4.69) is 0 Å². The second-order valence-corrected chi connectivity index (χ2v) is 6.42. The zero-order chi connectivity index (χ0) is 17.6. The standard InChI is InChI=1S/C20H17F2NO2/c21-20(22)16(10-23)17(20)11-25-19(24)18-14-7-3-1-5-12(14)9-13-6-2-4-8-15(13)18/h1-9,16-17H,10-11,23H2/t16-,17-/m0/s1. The molecule has 0 radical (unpaired) electrons. The van der Waals surface area contributed by atoms with Crippen LogP contribution in [0.25, 0.3) is 21.5 Å². The first-order valence-electron chi connectivity index (χ1n) is 8.19. The van der Waals surface area contributed by atoms with Crippen LogP contribution in [-0.4, -0.2) is 25.0 Å². The highest BCUT2D eigenvalue weighted by Gasteiger charge is 2.67. The first-order chi connectivity index (χ1) is 12.0. The van der Waals surface area contributed by atoms with E-state index in [0.29, 0.717) is 5.56 Å². The number of esters is 1. The van der Waals surface area contributed by atoms with E-state index < -0.39 is 23.7 Å². The summed E-state index contributed by atoms with van der Waals surface area (Å²) in [5.74, 6) is -5.30. The molecule has 3 aromatic rings. The Balaban J connectivity index is 1.70. The highest BCUT2D eigenvalue weighted by molar-refractivity contribution is 6.16. The molecule has 0 aromatic heterocycles. The van der Waals surface area contributed by atoms with Gasteiger partial charge in [-0.2, -0.15) is 0 Å². The van der Waals surface area contributed by atoms with Crippen molar-refractivity contribution in [3.8, 4) is 0 Å². The highest BCUT2D eigenvalue weighted by atomic mass is 19.3. The average molecular weight is 341 g/mol. The first kappa shape index (κ1) is 16.0. The summed E-state index contributed by atoms with van der Waals surface area (Å²) < 4.78 is 32.4. The normalized spacial score (nSPS) is 21.4. The van der Waals surface area contributed by atoms with Crippen molar-refractivity contribution in [3.63, 3.8) is 0 Å². The van der Waals surface area contributed by atoms with E-state index in [1.807, 2.05) is 54.6 Å². The number of halogens is 2. The second kappa shape index (κ2) is 5.77. The largest absolute Gasteiger partial charge is 0.462 e. The number of carbonyl (C=O) groups excluding carboxylic acids is 1. The van der Waals surface area contributed by atoms with E-state index in [4.69, 9.17) is 10.5 Å². The fourth-order valence-corrected chi connectivity index (χ4v) is 3.48. The van der Waals surface area contributed by atoms with Crippen LogP contribution in [0, 0.1) is 11.8 Å². The summed E-state index contributed by atoms with van der Waals surface area (Å²) in [5, 5.41) is 3.32. The lowest BCUT2D eigenvalue weighted by molar-refractivity contribution is 0.0365. The van der Waals surface area contributed by atoms with Crippen LogP contribution in [0.15, 0.2) is 54.6 Å². The Kier molecular flexibility index (Phi) is 3.69. The molecule has 0 amide bonds. The molecule has 5 heteroatoms. The van der Waals surface area contributed by atoms with Crippen molar-refractivity contribution in [1.82, 2.24) is 0 Å². The number of hydrogen-bond donors (Lipinski definition) is 1. The minimum absolute atomic E-state index is 0.105. The molecule has 0 unspecified atom stereocenters. The van der Waals surface area contributed by atoms with Gasteiger partial charge in [-0.25, -0.2) is 13.6 Å². The van der Waals surface area contributed by atoms with Gasteiger partial charge in [0.05, 0.1) is 11.5 Å². The maximum absolute atomic E-state index is 13.5. The number of alkyl halides is 2. The second-order valence-electron chi connectivity index (χ2n) is 6.42. The molecule has 3 nitrogen and oxygen atoms in total. The van der Waals surface area contributed by atoms with Crippen molar-refractivity contribution < 1.29 is 18.3 Å². The predicted octanol–water partition coefficient (Wildman–Crippen LogP) is 3.99. The lowest BCUT2D eigenvalue weighted by atomic mass is 9.97. The van der Waals surface area contributed by atoms with Crippen LogP contribution < -0.4 is 5.73 Å². The zero-order valence-electron chi connectivity index (χ0n) is 13.4. The van der Waals surface area contributed by atoms with E-state index in [0.717, 1.165) is 21.5 Å². The molecule has 0 saturated heterocycles. The van der Waals surface area contributed by atoms with Crippen LogP contribution in [0.4, 0.5) is 8.78 Å². The summed E-state index contributed by atoms with van der Waals surface area (Å²) in [4.78, 5) is 12.7. The third-order valence-corrected chi connectivity index (χ3v) is 4.99. The molecular formula is C20H17F2NO2. The Morgan fingerprint density at radius 2 is 1.56 bits per heavy atom. The lowest BCUT2D eigenvalue weighted by Crippen LogP contribution is -2.11. The van der Waals surface area contributed by atoms with Crippen LogP contribution >= 0.6 is 0 Å². The van der Waals surface area contributed by atoms with Crippen molar-refractivity contribution in [2.75, 3.05) is 13.2 Å². The number of fused-ring (bicyclic) bond motifs is 2. The van der Waals surface area contributed by atoms with E-state index in [1.165, 1.54) is 0 Å². The average Bonchev–Trinajstić information content (AvgIpc) is 3.16. The van der Waals surface area contributed by atoms with Crippen LogP contribution in [0.2, 0.25) is 0 Å². The molecule has 3 aromatic carbocycles. The number of nitrogens with two attached hydrogens (primary N) is 1. The van der Waals surface area contributed by atoms with Gasteiger partial charge in [-0.1, -0.05) is 48.5 Å². The molecule has 0 bridgehead atoms. The van der Waals surface area contributed by atoms with Gasteiger partial charge >= 0.3 is 5.97 Å². The molecule has 4 rings (SSSR count). The highest BCUT2D eigenvalue weighted by Crippen LogP contribution is 2.54. The van der Waals surface area contributed by atoms with Gasteiger partial charge in [0.1, 0.15) is 6.61 Å². The lowest BCUT2D eigenvalue weighted by Gasteiger charge is -2.11. The number of hydrogen-bond acceptors (Lipinski definition) is 3. The fraction of sp³-hybridized carbons (Fsp3) is 0.250. The minimum Gasteiger partial charge on any atom is -0.462 e. The Bertz CT molecular complexity index is 916. The van der Waals surface area contributed by atoms with Gasteiger partial charge < -0.3 is 10.5 Å². The van der Waals surface area contributed by atoms with Gasteiger partial charge in [0.25, 0.3) is 5.92 Å². The maximum atomic E-state index is 13.5. The topological polar surface area (TPSA) is 52.3 Å². The monoisotopic (exact) mass is 341 g/mol. The Hall–Kier alpha value is -2.53. The minimum atomic E-state index is -2.84. The molecular weight excluding hydrogens is 324 g/mol. The van der Waals surface area contributed by atoms with Crippen LogP contribution in [0.5, 0.6) is 0 Å². The van der Waals surface area contributed by atoms with Crippen LogP contribution in [0.1, 0.15) is 10.4 Å². The van der Waals surface area contributed by atoms with E-state index in [1.54, 1.807) is 0 Å². The Labute approximate surface area is 143 Å². The number of carbonyl (C=O) groups is 1. The molecule has 25 heavy (non-hydrogen) atoms. The summed E-state index contributed by atoms with van der Waals surface area (Å²) in [6.07, 6.45) is 0. The van der Waals surface area contributed by atoms with Crippen molar-refractivity contribution in [1.29, 1.82) is 0 Å². The molecule has 0 spiro atoms. The number of ether oxygens (including phenoxy) is 1. The quantitative estimate of drug-likeness (QED) is 0.577. The smallest absolute Gasteiger partial charge is 0.339 e. The van der Waals surface area contributed by atoms with Crippen molar-refractivity contribution in [2.24, 2.45) is 17.6 Å². The Morgan fingerprint density at radius 1 is 1.00 bits per heavy atom. The fourth-order valence-electron chi connectivity index (χ4n) is 3.48. The SMILES string of the molecule is NC[C@H]1[C@H](COC(=O)c2c3ccccc3cc3ccccc23)C1(F)F. The van der Waals surface area contributed by atoms with Gasteiger partial charge in [-0.05, 0) is 27.6 Å². The third-order valence-electron chi connectivity index (χ3n) is 4.99. The summed E-state index contributed by atoms with van der Waals surface area (Å²) in [7, 11) is 0. The van der Waals surface area contributed by atoms with E-state index in [9.17, 15) is 13.6 Å². The van der Waals surface area contributed by atoms with Gasteiger partial charge in [-0.15, -0.1) is 0 Å². The maximum Gasteiger partial charge on any atom is 0.339 e. The molecule has 2 N–H and O–H groups in total. The van der Waals surface area contributed by atoms with E-state index in [-0.39, 0.29) is 13.2 Å². The van der Waals surface area contributed by atoms with Crippen LogP contribution in [0.3, 0.4) is 0 Å². The Morgan fingerprint density at radius 3 is 2.08 bits per heavy atom. The number of rotatable bonds is 4. The zero-order valence-corrected chi connectivity index (χ0v) is 13.4. The first-order valence-corrected chi connectivity index (χ1v) is 8.19. The summed E-state index contributed by atoms with van der Waals surface area (Å²) in [6.45, 7) is -0.419. The molecule has 1 saturated carbocycles. The van der Waals surface area contributed by atoms with Crippen molar-refractivity contribution in [2.45, 2.75) is 5.92 Å².